The molecule has 1 heterocycles. The van der Waals surface area contributed by atoms with E-state index in [-0.39, 0.29) is 24.2 Å². The number of hydrogen-bond donors (Lipinski definition) is 1. The summed E-state index contributed by atoms with van der Waals surface area (Å²) in [5, 5.41) is 18.1. The molecule has 0 bridgehead atoms. The largest absolute Gasteiger partial charge is 0.348 e. The normalized spacial score (nSPS) is 12.0. The molecule has 1 unspecified atom stereocenters. The average Bonchev–Trinajstić information content (AvgIpc) is 2.80. The first kappa shape index (κ1) is 17.7. The van der Waals surface area contributed by atoms with Crippen LogP contribution < -0.4 is 5.32 Å². The number of aryl methyl sites for hydroxylation is 2. The molecule has 128 valence electrons. The van der Waals surface area contributed by atoms with Crippen LogP contribution in [0.2, 0.25) is 0 Å². The summed E-state index contributed by atoms with van der Waals surface area (Å²) < 4.78 is 1.38. The lowest BCUT2D eigenvalue weighted by Gasteiger charge is -2.18. The predicted octanol–water partition coefficient (Wildman–Crippen LogP) is 2.98. The SMILES string of the molecule is CCC(NC(=O)Cn1nc(C)c([N+](=O)[O-])c1C)c1ccc(C)cc1. The van der Waals surface area contributed by atoms with E-state index in [1.807, 2.05) is 38.1 Å². The Hall–Kier alpha value is -2.70. The molecule has 1 aromatic carbocycles. The number of rotatable bonds is 6. The summed E-state index contributed by atoms with van der Waals surface area (Å²) in [5.74, 6) is -0.220. The third-order valence-electron chi connectivity index (χ3n) is 4.04. The smallest absolute Gasteiger partial charge is 0.312 e. The molecule has 2 aromatic rings. The van der Waals surface area contributed by atoms with E-state index >= 15 is 0 Å². The van der Waals surface area contributed by atoms with Crippen molar-refractivity contribution in [2.45, 2.75) is 46.7 Å². The topological polar surface area (TPSA) is 90.1 Å². The van der Waals surface area contributed by atoms with Gasteiger partial charge in [-0.1, -0.05) is 36.8 Å². The van der Waals surface area contributed by atoms with Gasteiger partial charge in [-0.3, -0.25) is 19.6 Å². The van der Waals surface area contributed by atoms with Crippen LogP contribution in [-0.2, 0) is 11.3 Å². The lowest BCUT2D eigenvalue weighted by atomic mass is 10.0. The fraction of sp³-hybridized carbons (Fsp3) is 0.412. The standard InChI is InChI=1S/C17H22N4O3/c1-5-15(14-8-6-11(2)7-9-14)18-16(22)10-20-13(4)17(21(23)24)12(3)19-20/h6-9,15H,5,10H2,1-4H3,(H,18,22). The summed E-state index contributed by atoms with van der Waals surface area (Å²) >= 11 is 0. The molecule has 7 nitrogen and oxygen atoms in total. The summed E-state index contributed by atoms with van der Waals surface area (Å²) in [7, 11) is 0. The fourth-order valence-corrected chi connectivity index (χ4v) is 2.70. The summed E-state index contributed by atoms with van der Waals surface area (Å²) in [5.41, 5.74) is 2.87. The van der Waals surface area contributed by atoms with Gasteiger partial charge in [0.25, 0.3) is 0 Å². The number of nitro groups is 1. The molecule has 7 heteroatoms. The van der Waals surface area contributed by atoms with Gasteiger partial charge in [0.15, 0.2) is 0 Å². The summed E-state index contributed by atoms with van der Waals surface area (Å²) in [6, 6.07) is 7.92. The second kappa shape index (κ2) is 7.25. The van der Waals surface area contributed by atoms with Crippen LogP contribution in [0.5, 0.6) is 0 Å². The third kappa shape index (κ3) is 3.79. The highest BCUT2D eigenvalue weighted by atomic mass is 16.6. The van der Waals surface area contributed by atoms with Crippen molar-refractivity contribution in [3.8, 4) is 0 Å². The van der Waals surface area contributed by atoms with Crippen LogP contribution in [0, 0.1) is 30.9 Å². The van der Waals surface area contributed by atoms with E-state index in [0.717, 1.165) is 17.5 Å². The maximum absolute atomic E-state index is 12.3. The van der Waals surface area contributed by atoms with Crippen LogP contribution in [-0.4, -0.2) is 20.6 Å². The minimum atomic E-state index is -0.465. The molecule has 1 amide bonds. The number of carbonyl (C=O) groups is 1. The Morgan fingerprint density at radius 3 is 2.42 bits per heavy atom. The van der Waals surface area contributed by atoms with Gasteiger partial charge in [-0.25, -0.2) is 0 Å². The number of carbonyl (C=O) groups excluding carboxylic acids is 1. The van der Waals surface area contributed by atoms with E-state index in [4.69, 9.17) is 0 Å². The highest BCUT2D eigenvalue weighted by molar-refractivity contribution is 5.76. The van der Waals surface area contributed by atoms with Gasteiger partial charge in [0.2, 0.25) is 5.91 Å². The molecular formula is C17H22N4O3. The molecule has 1 atom stereocenters. The van der Waals surface area contributed by atoms with E-state index in [1.54, 1.807) is 13.8 Å². The van der Waals surface area contributed by atoms with Crippen molar-refractivity contribution in [2.24, 2.45) is 0 Å². The Morgan fingerprint density at radius 2 is 1.92 bits per heavy atom. The average molecular weight is 330 g/mol. The molecular weight excluding hydrogens is 308 g/mol. The molecule has 0 aliphatic heterocycles. The first-order chi connectivity index (χ1) is 11.3. The minimum absolute atomic E-state index is 0.0339. The lowest BCUT2D eigenvalue weighted by molar-refractivity contribution is -0.386. The zero-order valence-electron chi connectivity index (χ0n) is 14.4. The monoisotopic (exact) mass is 330 g/mol. The summed E-state index contributed by atoms with van der Waals surface area (Å²) in [6.07, 6.45) is 0.756. The number of hydrogen-bond acceptors (Lipinski definition) is 4. The van der Waals surface area contributed by atoms with Crippen LogP contribution >= 0.6 is 0 Å². The van der Waals surface area contributed by atoms with Gasteiger partial charge in [0, 0.05) is 0 Å². The van der Waals surface area contributed by atoms with Crippen molar-refractivity contribution in [1.29, 1.82) is 0 Å². The van der Waals surface area contributed by atoms with E-state index in [2.05, 4.69) is 10.4 Å². The van der Waals surface area contributed by atoms with Crippen molar-refractivity contribution in [3.05, 3.63) is 56.9 Å². The zero-order chi connectivity index (χ0) is 17.9. The van der Waals surface area contributed by atoms with E-state index < -0.39 is 4.92 Å². The van der Waals surface area contributed by atoms with E-state index in [9.17, 15) is 14.9 Å². The Kier molecular flexibility index (Phi) is 5.33. The van der Waals surface area contributed by atoms with Gasteiger partial charge in [0.05, 0.1) is 11.0 Å². The highest BCUT2D eigenvalue weighted by Gasteiger charge is 2.23. The molecule has 0 aliphatic carbocycles. The second-order valence-electron chi connectivity index (χ2n) is 5.87. The zero-order valence-corrected chi connectivity index (χ0v) is 14.4. The van der Waals surface area contributed by atoms with Gasteiger partial charge in [-0.2, -0.15) is 5.10 Å². The van der Waals surface area contributed by atoms with Crippen molar-refractivity contribution in [2.75, 3.05) is 0 Å². The molecule has 0 saturated heterocycles. The van der Waals surface area contributed by atoms with Gasteiger partial charge >= 0.3 is 5.69 Å². The van der Waals surface area contributed by atoms with Crippen LogP contribution in [0.25, 0.3) is 0 Å². The van der Waals surface area contributed by atoms with E-state index in [1.165, 1.54) is 4.68 Å². The third-order valence-corrected chi connectivity index (χ3v) is 4.04. The molecule has 2 rings (SSSR count). The minimum Gasteiger partial charge on any atom is -0.348 e. The predicted molar refractivity (Wildman–Crippen MR) is 90.7 cm³/mol. The van der Waals surface area contributed by atoms with Crippen molar-refractivity contribution < 1.29 is 9.72 Å². The molecule has 1 N–H and O–H groups in total. The van der Waals surface area contributed by atoms with Gasteiger partial charge in [-0.05, 0) is 32.8 Å². The molecule has 0 saturated carbocycles. The number of benzene rings is 1. The molecule has 0 fully saturated rings. The molecule has 24 heavy (non-hydrogen) atoms. The molecule has 0 aliphatic rings. The Bertz CT molecular complexity index is 750. The first-order valence-corrected chi connectivity index (χ1v) is 7.87. The van der Waals surface area contributed by atoms with Gasteiger partial charge in [-0.15, -0.1) is 0 Å². The summed E-state index contributed by atoms with van der Waals surface area (Å²) in [6.45, 7) is 7.14. The fourth-order valence-electron chi connectivity index (χ4n) is 2.70. The number of nitrogens with one attached hydrogen (secondary N) is 1. The van der Waals surface area contributed by atoms with Crippen molar-refractivity contribution in [1.82, 2.24) is 15.1 Å². The lowest BCUT2D eigenvalue weighted by Crippen LogP contribution is -2.31. The first-order valence-electron chi connectivity index (χ1n) is 7.87. The second-order valence-corrected chi connectivity index (χ2v) is 5.87. The van der Waals surface area contributed by atoms with Gasteiger partial charge in [0.1, 0.15) is 17.9 Å². The highest BCUT2D eigenvalue weighted by Crippen LogP contribution is 2.22. The Labute approximate surface area is 140 Å². The number of amides is 1. The summed E-state index contributed by atoms with van der Waals surface area (Å²) in [4.78, 5) is 22.9. The molecule has 0 spiro atoms. The molecule has 0 radical (unpaired) electrons. The van der Waals surface area contributed by atoms with Crippen molar-refractivity contribution >= 4 is 11.6 Å². The van der Waals surface area contributed by atoms with Gasteiger partial charge < -0.3 is 5.32 Å². The maximum atomic E-state index is 12.3. The number of nitrogens with zero attached hydrogens (tertiary/aromatic N) is 3. The van der Waals surface area contributed by atoms with Crippen LogP contribution in [0.1, 0.15) is 41.9 Å². The molecule has 1 aromatic heterocycles. The maximum Gasteiger partial charge on any atom is 0.312 e. The quantitative estimate of drug-likeness (QED) is 0.651. The van der Waals surface area contributed by atoms with Crippen LogP contribution in [0.4, 0.5) is 5.69 Å². The van der Waals surface area contributed by atoms with Crippen LogP contribution in [0.15, 0.2) is 24.3 Å². The Balaban J connectivity index is 2.11. The number of aromatic nitrogens is 2. The van der Waals surface area contributed by atoms with E-state index in [0.29, 0.717) is 11.4 Å². The van der Waals surface area contributed by atoms with Crippen LogP contribution in [0.3, 0.4) is 0 Å². The Morgan fingerprint density at radius 1 is 1.29 bits per heavy atom. The van der Waals surface area contributed by atoms with Crippen molar-refractivity contribution in [3.63, 3.8) is 0 Å².